The molecule has 3 aromatic carbocycles. The highest BCUT2D eigenvalue weighted by molar-refractivity contribution is 6.10. The van der Waals surface area contributed by atoms with Crippen LogP contribution in [0.15, 0.2) is 72.9 Å². The quantitative estimate of drug-likeness (QED) is 0.202. The number of rotatable bonds is 7. The van der Waals surface area contributed by atoms with Crippen LogP contribution in [0.4, 0.5) is 11.4 Å². The molecule has 1 fully saturated rings. The zero-order valence-corrected chi connectivity index (χ0v) is 24.4. The van der Waals surface area contributed by atoms with Crippen molar-refractivity contribution in [2.45, 2.75) is 38.3 Å². The Morgan fingerprint density at radius 1 is 1.02 bits per heavy atom. The topological polar surface area (TPSA) is 89.7 Å². The summed E-state index contributed by atoms with van der Waals surface area (Å²) >= 11 is 0. The smallest absolute Gasteiger partial charge is 0.338 e. The van der Waals surface area contributed by atoms with E-state index in [2.05, 4.69) is 40.6 Å². The second kappa shape index (κ2) is 12.4. The first-order valence-corrected chi connectivity index (χ1v) is 14.9. The van der Waals surface area contributed by atoms with Gasteiger partial charge in [-0.05, 0) is 92.2 Å². The number of aromatic amines is 1. The summed E-state index contributed by atoms with van der Waals surface area (Å²) in [5, 5.41) is 8.11. The Labute approximate surface area is 247 Å². The minimum Gasteiger partial charge on any atom is -0.462 e. The van der Waals surface area contributed by atoms with E-state index < -0.39 is 5.97 Å². The molecule has 2 atom stereocenters. The zero-order valence-electron chi connectivity index (χ0n) is 24.4. The number of benzene rings is 3. The van der Waals surface area contributed by atoms with Gasteiger partial charge in [-0.1, -0.05) is 24.3 Å². The van der Waals surface area contributed by atoms with Gasteiger partial charge in [0.25, 0.3) is 5.91 Å². The molecule has 3 heterocycles. The molecule has 1 amide bonds. The predicted octanol–water partition coefficient (Wildman–Crippen LogP) is 5.53. The third kappa shape index (κ3) is 6.05. The molecule has 3 N–H and O–H groups in total. The van der Waals surface area contributed by atoms with Crippen molar-refractivity contribution in [2.75, 3.05) is 50.1 Å². The van der Waals surface area contributed by atoms with Crippen molar-refractivity contribution in [3.63, 3.8) is 0 Å². The molecule has 1 saturated heterocycles. The summed E-state index contributed by atoms with van der Waals surface area (Å²) in [6, 6.07) is 22.0. The number of nitrogens with one attached hydrogen (secondary N) is 3. The standard InChI is InChI=1S/C34H39N5O3/c1-23-14-17-39(32-8-4-3-7-31(32)37-23)33(40)26-9-11-28(24-10-12-30-25(20-24)13-15-36-30)29(21-26)34(41)42-19-5-6-27-22-38(2)18-16-35-27/h3-4,7-13,15,20-21,23,27,35-37H,5-6,14,16-19,22H2,1-2H3/t23-,27?/m0/s1. The fourth-order valence-electron chi connectivity index (χ4n) is 6.05. The lowest BCUT2D eigenvalue weighted by Gasteiger charge is -2.30. The Balaban J connectivity index is 1.27. The Kier molecular flexibility index (Phi) is 8.26. The van der Waals surface area contributed by atoms with Gasteiger partial charge in [0.15, 0.2) is 0 Å². The minimum absolute atomic E-state index is 0.132. The fraction of sp³-hybridized carbons (Fsp3) is 0.353. The number of hydrogen-bond acceptors (Lipinski definition) is 6. The number of amides is 1. The lowest BCUT2D eigenvalue weighted by atomic mass is 9.96. The lowest BCUT2D eigenvalue weighted by molar-refractivity contribution is 0.0493. The van der Waals surface area contributed by atoms with Gasteiger partial charge >= 0.3 is 5.97 Å². The fourth-order valence-corrected chi connectivity index (χ4v) is 6.05. The molecule has 8 nitrogen and oxygen atoms in total. The number of carbonyl (C=O) groups is 2. The third-order valence-electron chi connectivity index (χ3n) is 8.37. The first-order valence-electron chi connectivity index (χ1n) is 14.9. The van der Waals surface area contributed by atoms with E-state index in [0.717, 1.165) is 72.3 Å². The van der Waals surface area contributed by atoms with Crippen LogP contribution in [0.3, 0.4) is 0 Å². The maximum absolute atomic E-state index is 14.0. The largest absolute Gasteiger partial charge is 0.462 e. The van der Waals surface area contributed by atoms with Crippen LogP contribution >= 0.6 is 0 Å². The predicted molar refractivity (Wildman–Crippen MR) is 168 cm³/mol. The van der Waals surface area contributed by atoms with E-state index in [1.54, 1.807) is 6.07 Å². The third-order valence-corrected chi connectivity index (χ3v) is 8.37. The summed E-state index contributed by atoms with van der Waals surface area (Å²) in [5.41, 5.74) is 5.33. The molecule has 2 aliphatic rings. The zero-order chi connectivity index (χ0) is 29.1. The van der Waals surface area contributed by atoms with Crippen LogP contribution in [0.5, 0.6) is 0 Å². The van der Waals surface area contributed by atoms with E-state index in [9.17, 15) is 9.59 Å². The van der Waals surface area contributed by atoms with Crippen LogP contribution in [0.25, 0.3) is 22.0 Å². The van der Waals surface area contributed by atoms with Crippen molar-refractivity contribution in [3.05, 3.63) is 84.1 Å². The van der Waals surface area contributed by atoms with Crippen molar-refractivity contribution in [1.29, 1.82) is 0 Å². The molecular formula is C34H39N5O3. The van der Waals surface area contributed by atoms with Crippen molar-refractivity contribution < 1.29 is 14.3 Å². The van der Waals surface area contributed by atoms with Crippen LogP contribution < -0.4 is 15.5 Å². The molecule has 6 rings (SSSR count). The van der Waals surface area contributed by atoms with Gasteiger partial charge in [-0.2, -0.15) is 0 Å². The average molecular weight is 566 g/mol. The second-order valence-electron chi connectivity index (χ2n) is 11.5. The number of nitrogens with zero attached hydrogens (tertiary/aromatic N) is 2. The first-order chi connectivity index (χ1) is 20.5. The molecule has 0 radical (unpaired) electrons. The average Bonchev–Trinajstić information content (AvgIpc) is 3.40. The van der Waals surface area contributed by atoms with E-state index >= 15 is 0 Å². The van der Waals surface area contributed by atoms with Crippen molar-refractivity contribution in [1.82, 2.24) is 15.2 Å². The maximum atomic E-state index is 14.0. The van der Waals surface area contributed by atoms with Gasteiger partial charge < -0.3 is 30.2 Å². The van der Waals surface area contributed by atoms with Crippen LogP contribution in [0.1, 0.15) is 46.9 Å². The Morgan fingerprint density at radius 3 is 2.79 bits per heavy atom. The van der Waals surface area contributed by atoms with Crippen LogP contribution in [-0.4, -0.2) is 73.7 Å². The minimum atomic E-state index is -0.408. The number of esters is 1. The van der Waals surface area contributed by atoms with Crippen LogP contribution in [0, 0.1) is 0 Å². The van der Waals surface area contributed by atoms with Gasteiger partial charge in [-0.3, -0.25) is 4.79 Å². The van der Waals surface area contributed by atoms with Gasteiger partial charge in [-0.25, -0.2) is 4.79 Å². The van der Waals surface area contributed by atoms with E-state index in [4.69, 9.17) is 4.74 Å². The number of ether oxygens (including phenoxy) is 1. The molecule has 0 saturated carbocycles. The van der Waals surface area contributed by atoms with Crippen molar-refractivity contribution >= 4 is 34.2 Å². The molecular weight excluding hydrogens is 526 g/mol. The molecule has 0 bridgehead atoms. The number of likely N-dealkylation sites (N-methyl/N-ethyl adjacent to an activating group) is 1. The number of carbonyl (C=O) groups excluding carboxylic acids is 2. The summed E-state index contributed by atoms with van der Waals surface area (Å²) in [6.07, 6.45) is 4.43. The number of para-hydroxylation sites is 2. The molecule has 42 heavy (non-hydrogen) atoms. The SMILES string of the molecule is C[C@H]1CCN(C(=O)c2ccc(-c3ccc4[nH]ccc4c3)c(C(=O)OCCCC3CN(C)CCN3)c2)c2ccccc2N1. The molecule has 218 valence electrons. The van der Waals surface area contributed by atoms with Gasteiger partial charge in [0.2, 0.25) is 0 Å². The highest BCUT2D eigenvalue weighted by atomic mass is 16.5. The Morgan fingerprint density at radius 2 is 1.90 bits per heavy atom. The summed E-state index contributed by atoms with van der Waals surface area (Å²) in [4.78, 5) is 35.0. The number of H-pyrrole nitrogens is 1. The highest BCUT2D eigenvalue weighted by Gasteiger charge is 2.26. The Hall–Kier alpha value is -4.14. The monoisotopic (exact) mass is 565 g/mol. The molecule has 1 unspecified atom stereocenters. The van der Waals surface area contributed by atoms with Crippen LogP contribution in [-0.2, 0) is 4.74 Å². The van der Waals surface area contributed by atoms with E-state index in [0.29, 0.717) is 30.3 Å². The summed E-state index contributed by atoms with van der Waals surface area (Å²) in [6.45, 7) is 6.07. The number of hydrogen-bond donors (Lipinski definition) is 3. The van der Waals surface area contributed by atoms with E-state index in [-0.39, 0.29) is 11.9 Å². The molecule has 8 heteroatoms. The summed E-state index contributed by atoms with van der Waals surface area (Å²) < 4.78 is 5.83. The van der Waals surface area contributed by atoms with Gasteiger partial charge in [-0.15, -0.1) is 0 Å². The van der Waals surface area contributed by atoms with Gasteiger partial charge in [0.05, 0.1) is 23.5 Å². The highest BCUT2D eigenvalue weighted by Crippen LogP contribution is 2.33. The number of fused-ring (bicyclic) bond motifs is 2. The maximum Gasteiger partial charge on any atom is 0.338 e. The Bertz CT molecular complexity index is 1580. The number of aromatic nitrogens is 1. The number of piperazine rings is 1. The molecule has 0 aliphatic carbocycles. The lowest BCUT2D eigenvalue weighted by Crippen LogP contribution is -2.48. The van der Waals surface area contributed by atoms with Gasteiger partial charge in [0, 0.05) is 55.5 Å². The normalized spacial score (nSPS) is 19.1. The molecule has 1 aromatic heterocycles. The molecule has 4 aromatic rings. The van der Waals surface area contributed by atoms with Crippen molar-refractivity contribution in [3.8, 4) is 11.1 Å². The van der Waals surface area contributed by atoms with E-state index in [1.165, 1.54) is 0 Å². The molecule has 2 aliphatic heterocycles. The van der Waals surface area contributed by atoms with E-state index in [1.807, 2.05) is 65.7 Å². The molecule has 0 spiro atoms. The first kappa shape index (κ1) is 28.0. The second-order valence-corrected chi connectivity index (χ2v) is 11.5. The summed E-state index contributed by atoms with van der Waals surface area (Å²) in [7, 11) is 2.13. The number of anilines is 2. The van der Waals surface area contributed by atoms with Crippen molar-refractivity contribution in [2.24, 2.45) is 0 Å². The van der Waals surface area contributed by atoms with Gasteiger partial charge in [0.1, 0.15) is 0 Å². The van der Waals surface area contributed by atoms with Crippen LogP contribution in [0.2, 0.25) is 0 Å². The summed E-state index contributed by atoms with van der Waals surface area (Å²) in [5.74, 6) is -0.540.